The summed E-state index contributed by atoms with van der Waals surface area (Å²) in [6.45, 7) is 4.34. The van der Waals surface area contributed by atoms with Gasteiger partial charge in [0.2, 0.25) is 5.75 Å². The Balaban J connectivity index is 3.08. The first-order chi connectivity index (χ1) is 12.0. The molecule has 2 N–H and O–H groups in total. The minimum absolute atomic E-state index is 0.0489. The van der Waals surface area contributed by atoms with E-state index in [9.17, 15) is 9.90 Å². The number of aryl methyl sites for hydroxylation is 1. The number of carbonyl (C=O) groups is 1. The maximum absolute atomic E-state index is 10.9. The summed E-state index contributed by atoms with van der Waals surface area (Å²) in [6.07, 6.45) is 9.19. The van der Waals surface area contributed by atoms with Gasteiger partial charge < -0.3 is 19.7 Å². The molecule has 0 aliphatic carbocycles. The highest BCUT2D eigenvalue weighted by Gasteiger charge is 2.20. The molecule has 0 aliphatic heterocycles. The zero-order chi connectivity index (χ0) is 18.7. The molecule has 0 fully saturated rings. The number of phenols is 1. The lowest BCUT2D eigenvalue weighted by Gasteiger charge is -2.18. The summed E-state index contributed by atoms with van der Waals surface area (Å²) in [5.74, 6) is 0.0700. The number of carboxylic acid groups (broad SMARTS) is 1. The molecule has 0 saturated carbocycles. The van der Waals surface area contributed by atoms with E-state index in [0.717, 1.165) is 62.5 Å². The summed E-state index contributed by atoms with van der Waals surface area (Å²) in [7, 11) is 1.50. The highest BCUT2D eigenvalue weighted by Crippen LogP contribution is 2.42. The van der Waals surface area contributed by atoms with Gasteiger partial charge in [-0.15, -0.1) is 0 Å². The van der Waals surface area contributed by atoms with Gasteiger partial charge in [-0.1, -0.05) is 52.4 Å². The average Bonchev–Trinajstić information content (AvgIpc) is 2.58. The Labute approximate surface area is 151 Å². The Morgan fingerprint density at radius 1 is 1.00 bits per heavy atom. The molecular weight excluding hydrogens is 320 g/mol. The predicted octanol–water partition coefficient (Wildman–Crippen LogP) is 5.70. The van der Waals surface area contributed by atoms with Crippen LogP contribution in [0.3, 0.4) is 0 Å². The van der Waals surface area contributed by atoms with E-state index < -0.39 is 6.16 Å². The van der Waals surface area contributed by atoms with Crippen LogP contribution in [0.2, 0.25) is 0 Å². The monoisotopic (exact) mass is 352 g/mol. The van der Waals surface area contributed by atoms with Crippen molar-refractivity contribution in [2.45, 2.75) is 78.1 Å². The molecule has 0 aliphatic rings. The summed E-state index contributed by atoms with van der Waals surface area (Å²) >= 11 is 0. The first kappa shape index (κ1) is 21.1. The predicted molar refractivity (Wildman–Crippen MR) is 99.0 cm³/mol. The molecule has 0 unspecified atom stereocenters. The number of hydrogen-bond acceptors (Lipinski definition) is 4. The lowest BCUT2D eigenvalue weighted by molar-refractivity contribution is 0.142. The van der Waals surface area contributed by atoms with Crippen molar-refractivity contribution in [1.82, 2.24) is 0 Å². The smallest absolute Gasteiger partial charge is 0.502 e. The molecule has 0 spiro atoms. The fourth-order valence-electron chi connectivity index (χ4n) is 3.07. The lowest BCUT2D eigenvalue weighted by atomic mass is 9.95. The third-order valence-corrected chi connectivity index (χ3v) is 4.40. The molecule has 142 valence electrons. The summed E-state index contributed by atoms with van der Waals surface area (Å²) in [5.41, 5.74) is 1.99. The van der Waals surface area contributed by atoms with E-state index in [2.05, 4.69) is 13.8 Å². The molecule has 5 heteroatoms. The Kier molecular flexibility index (Phi) is 9.81. The summed E-state index contributed by atoms with van der Waals surface area (Å²) < 4.78 is 10.1. The van der Waals surface area contributed by atoms with Crippen LogP contribution in [0.25, 0.3) is 0 Å². The van der Waals surface area contributed by atoms with Crippen molar-refractivity contribution in [3.8, 4) is 17.2 Å². The van der Waals surface area contributed by atoms with Crippen molar-refractivity contribution in [3.05, 3.63) is 17.2 Å². The van der Waals surface area contributed by atoms with Crippen molar-refractivity contribution in [2.24, 2.45) is 0 Å². The van der Waals surface area contributed by atoms with Gasteiger partial charge >= 0.3 is 6.16 Å². The Hall–Kier alpha value is -1.91. The highest BCUT2D eigenvalue weighted by molar-refractivity contribution is 5.66. The van der Waals surface area contributed by atoms with Gasteiger partial charge in [0.1, 0.15) is 0 Å². The molecule has 0 atom stereocenters. The van der Waals surface area contributed by atoms with Gasteiger partial charge in [-0.25, -0.2) is 4.79 Å². The second kappa shape index (κ2) is 11.6. The molecule has 0 saturated heterocycles. The first-order valence-electron chi connectivity index (χ1n) is 9.37. The van der Waals surface area contributed by atoms with Crippen LogP contribution in [0.5, 0.6) is 17.2 Å². The third-order valence-electron chi connectivity index (χ3n) is 4.40. The van der Waals surface area contributed by atoms with E-state index in [1.54, 1.807) is 6.07 Å². The SMILES string of the molecule is CCCCCCc1cc(OC(=O)O)c(O)c(OC)c1CCCCCC. The van der Waals surface area contributed by atoms with Gasteiger partial charge in [-0.3, -0.25) is 0 Å². The average molecular weight is 352 g/mol. The van der Waals surface area contributed by atoms with E-state index in [1.165, 1.54) is 20.0 Å². The number of ether oxygens (including phenoxy) is 2. The number of hydrogen-bond donors (Lipinski definition) is 2. The van der Waals surface area contributed by atoms with Crippen molar-refractivity contribution < 1.29 is 24.5 Å². The minimum Gasteiger partial charge on any atom is -0.502 e. The fraction of sp³-hybridized carbons (Fsp3) is 0.650. The van der Waals surface area contributed by atoms with E-state index in [0.29, 0.717) is 5.75 Å². The maximum Gasteiger partial charge on any atom is 0.511 e. The molecule has 1 aromatic carbocycles. The molecule has 0 radical (unpaired) electrons. The van der Waals surface area contributed by atoms with Gasteiger partial charge in [0, 0.05) is 5.56 Å². The molecule has 0 amide bonds. The summed E-state index contributed by atoms with van der Waals surface area (Å²) in [4.78, 5) is 10.9. The Morgan fingerprint density at radius 2 is 1.60 bits per heavy atom. The number of methoxy groups -OCH3 is 1. The molecule has 1 rings (SSSR count). The zero-order valence-electron chi connectivity index (χ0n) is 15.8. The van der Waals surface area contributed by atoms with Gasteiger partial charge in [-0.2, -0.15) is 0 Å². The van der Waals surface area contributed by atoms with Gasteiger partial charge in [-0.05, 0) is 37.3 Å². The largest absolute Gasteiger partial charge is 0.511 e. The quantitative estimate of drug-likeness (QED) is 0.286. The summed E-state index contributed by atoms with van der Waals surface area (Å²) in [5, 5.41) is 19.2. The van der Waals surface area contributed by atoms with Crippen LogP contribution in [0.4, 0.5) is 4.79 Å². The summed E-state index contributed by atoms with van der Waals surface area (Å²) in [6, 6.07) is 1.66. The molecule has 0 bridgehead atoms. The molecule has 5 nitrogen and oxygen atoms in total. The minimum atomic E-state index is -1.44. The first-order valence-corrected chi connectivity index (χ1v) is 9.37. The van der Waals surface area contributed by atoms with E-state index >= 15 is 0 Å². The maximum atomic E-state index is 10.9. The standard InChI is InChI=1S/C20H32O5/c1-4-6-8-10-12-15-14-17(25-20(22)23)18(21)19(24-3)16(15)13-11-9-7-5-2/h14,21H,4-13H2,1-3H3,(H,22,23). The fourth-order valence-corrected chi connectivity index (χ4v) is 3.07. The molecule has 0 heterocycles. The number of phenolic OH excluding ortho intramolecular Hbond substituents is 1. The number of benzene rings is 1. The Bertz CT molecular complexity index is 539. The van der Waals surface area contributed by atoms with Crippen LogP contribution in [0, 0.1) is 0 Å². The molecule has 1 aromatic rings. The van der Waals surface area contributed by atoms with Crippen LogP contribution < -0.4 is 9.47 Å². The van der Waals surface area contributed by atoms with Crippen LogP contribution in [-0.4, -0.2) is 23.5 Å². The second-order valence-electron chi connectivity index (χ2n) is 6.38. The number of aromatic hydroxyl groups is 1. The molecule has 0 aromatic heterocycles. The lowest BCUT2D eigenvalue weighted by Crippen LogP contribution is -2.07. The van der Waals surface area contributed by atoms with Crippen molar-refractivity contribution in [3.63, 3.8) is 0 Å². The molecule has 25 heavy (non-hydrogen) atoms. The normalized spacial score (nSPS) is 10.7. The highest BCUT2D eigenvalue weighted by atomic mass is 16.7. The van der Waals surface area contributed by atoms with E-state index in [1.807, 2.05) is 0 Å². The topological polar surface area (TPSA) is 76.0 Å². The third kappa shape index (κ3) is 6.85. The van der Waals surface area contributed by atoms with E-state index in [-0.39, 0.29) is 11.5 Å². The van der Waals surface area contributed by atoms with Crippen molar-refractivity contribution in [2.75, 3.05) is 7.11 Å². The van der Waals surface area contributed by atoms with Gasteiger partial charge in [0.15, 0.2) is 11.5 Å². The van der Waals surface area contributed by atoms with Crippen molar-refractivity contribution >= 4 is 6.16 Å². The van der Waals surface area contributed by atoms with Crippen LogP contribution >= 0.6 is 0 Å². The number of rotatable bonds is 12. The van der Waals surface area contributed by atoms with Crippen molar-refractivity contribution in [1.29, 1.82) is 0 Å². The van der Waals surface area contributed by atoms with E-state index in [4.69, 9.17) is 14.6 Å². The molecular formula is C20H32O5. The number of unbranched alkanes of at least 4 members (excludes halogenated alkanes) is 6. The van der Waals surface area contributed by atoms with Crippen LogP contribution in [0.15, 0.2) is 6.07 Å². The van der Waals surface area contributed by atoms with Crippen LogP contribution in [0.1, 0.15) is 76.3 Å². The van der Waals surface area contributed by atoms with Gasteiger partial charge in [0.25, 0.3) is 0 Å². The zero-order valence-corrected chi connectivity index (χ0v) is 15.8. The van der Waals surface area contributed by atoms with Crippen LogP contribution in [-0.2, 0) is 12.8 Å². The second-order valence-corrected chi connectivity index (χ2v) is 6.38. The Morgan fingerprint density at radius 3 is 2.12 bits per heavy atom. The van der Waals surface area contributed by atoms with Gasteiger partial charge in [0.05, 0.1) is 7.11 Å².